The number of nitrogens with zero attached hydrogens (tertiary/aromatic N) is 1. The van der Waals surface area contributed by atoms with E-state index in [1.165, 1.54) is 22.5 Å². The van der Waals surface area contributed by atoms with Gasteiger partial charge in [0.2, 0.25) is 10.0 Å². The molecular weight excluding hydrogens is 296 g/mol. The Balaban J connectivity index is 2.33. The molecule has 100 valence electrons. The SMILES string of the molecule is Nc1ccc(S(=O)(=O)N2CCS(=O)CC2)c(Cl)c1. The molecule has 2 N–H and O–H groups in total. The first-order valence-corrected chi connectivity index (χ1v) is 8.62. The third-order valence-electron chi connectivity index (χ3n) is 2.71. The van der Waals surface area contributed by atoms with Gasteiger partial charge in [0.15, 0.2) is 0 Å². The van der Waals surface area contributed by atoms with E-state index in [0.29, 0.717) is 17.2 Å². The van der Waals surface area contributed by atoms with Crippen molar-refractivity contribution >= 4 is 38.1 Å². The smallest absolute Gasteiger partial charge is 0.244 e. The number of halogens is 1. The van der Waals surface area contributed by atoms with E-state index in [-0.39, 0.29) is 23.0 Å². The minimum atomic E-state index is -3.62. The number of rotatable bonds is 2. The van der Waals surface area contributed by atoms with Gasteiger partial charge in [0.1, 0.15) is 4.90 Å². The van der Waals surface area contributed by atoms with E-state index in [0.717, 1.165) is 0 Å². The second-order valence-electron chi connectivity index (χ2n) is 3.94. The summed E-state index contributed by atoms with van der Waals surface area (Å²) >= 11 is 5.92. The predicted molar refractivity (Wildman–Crippen MR) is 72.5 cm³/mol. The molecule has 0 bridgehead atoms. The van der Waals surface area contributed by atoms with Crippen molar-refractivity contribution in [2.45, 2.75) is 4.90 Å². The van der Waals surface area contributed by atoms with Crippen LogP contribution < -0.4 is 5.73 Å². The van der Waals surface area contributed by atoms with Gasteiger partial charge in [-0.2, -0.15) is 4.31 Å². The number of nitrogen functional groups attached to an aromatic ring is 1. The molecule has 1 heterocycles. The monoisotopic (exact) mass is 308 g/mol. The summed E-state index contributed by atoms with van der Waals surface area (Å²) in [6.45, 7) is 0.519. The van der Waals surface area contributed by atoms with E-state index in [4.69, 9.17) is 17.3 Å². The molecule has 1 aliphatic rings. The van der Waals surface area contributed by atoms with Gasteiger partial charge in [0.25, 0.3) is 0 Å². The lowest BCUT2D eigenvalue weighted by Crippen LogP contribution is -2.41. The maximum Gasteiger partial charge on any atom is 0.244 e. The Morgan fingerprint density at radius 2 is 1.89 bits per heavy atom. The predicted octanol–water partition coefficient (Wildman–Crippen LogP) is 0.675. The van der Waals surface area contributed by atoms with Gasteiger partial charge in [0, 0.05) is 41.1 Å². The van der Waals surface area contributed by atoms with Gasteiger partial charge in [-0.1, -0.05) is 11.6 Å². The third-order valence-corrected chi connectivity index (χ3v) is 6.37. The van der Waals surface area contributed by atoms with Crippen LogP contribution in [0.25, 0.3) is 0 Å². The Hall–Kier alpha value is -0.630. The zero-order valence-electron chi connectivity index (χ0n) is 9.50. The topological polar surface area (TPSA) is 80.5 Å². The van der Waals surface area contributed by atoms with E-state index >= 15 is 0 Å². The summed E-state index contributed by atoms with van der Waals surface area (Å²) in [5.41, 5.74) is 5.95. The van der Waals surface area contributed by atoms with Crippen molar-refractivity contribution < 1.29 is 12.6 Å². The number of hydrogen-bond acceptors (Lipinski definition) is 4. The molecule has 0 saturated carbocycles. The number of hydrogen-bond donors (Lipinski definition) is 1. The molecule has 1 aliphatic heterocycles. The van der Waals surface area contributed by atoms with Gasteiger partial charge >= 0.3 is 0 Å². The Morgan fingerprint density at radius 1 is 1.28 bits per heavy atom. The van der Waals surface area contributed by atoms with Crippen LogP contribution in [0.4, 0.5) is 5.69 Å². The van der Waals surface area contributed by atoms with Crippen molar-refractivity contribution in [1.82, 2.24) is 4.31 Å². The van der Waals surface area contributed by atoms with Crippen LogP contribution in [0.3, 0.4) is 0 Å². The highest BCUT2D eigenvalue weighted by molar-refractivity contribution is 7.89. The largest absolute Gasteiger partial charge is 0.399 e. The summed E-state index contributed by atoms with van der Waals surface area (Å²) in [7, 11) is -4.54. The van der Waals surface area contributed by atoms with Gasteiger partial charge < -0.3 is 5.73 Å². The van der Waals surface area contributed by atoms with Crippen molar-refractivity contribution in [2.75, 3.05) is 30.3 Å². The molecule has 8 heteroatoms. The molecule has 0 aromatic heterocycles. The van der Waals surface area contributed by atoms with E-state index in [2.05, 4.69) is 0 Å². The van der Waals surface area contributed by atoms with Gasteiger partial charge in [-0.25, -0.2) is 8.42 Å². The summed E-state index contributed by atoms with van der Waals surface area (Å²) in [5, 5.41) is 0.113. The van der Waals surface area contributed by atoms with Gasteiger partial charge in [0.05, 0.1) is 5.02 Å². The lowest BCUT2D eigenvalue weighted by atomic mass is 10.3. The third kappa shape index (κ3) is 2.69. The minimum absolute atomic E-state index is 0.0473. The zero-order valence-corrected chi connectivity index (χ0v) is 11.9. The fourth-order valence-corrected chi connectivity index (χ4v) is 4.98. The van der Waals surface area contributed by atoms with Crippen molar-refractivity contribution in [3.8, 4) is 0 Å². The van der Waals surface area contributed by atoms with Gasteiger partial charge in [-0.05, 0) is 18.2 Å². The number of anilines is 1. The van der Waals surface area contributed by atoms with Gasteiger partial charge in [-0.3, -0.25) is 4.21 Å². The molecule has 0 unspecified atom stereocenters. The standard InChI is InChI=1S/C10H13ClN2O3S2/c11-9-7-8(12)1-2-10(9)18(15,16)13-3-5-17(14)6-4-13/h1-2,7H,3-6,12H2. The lowest BCUT2D eigenvalue weighted by molar-refractivity contribution is 0.439. The summed E-state index contributed by atoms with van der Waals surface area (Å²) < 4.78 is 37.2. The molecule has 0 amide bonds. The molecule has 18 heavy (non-hydrogen) atoms. The fraction of sp³-hybridized carbons (Fsp3) is 0.400. The average Bonchev–Trinajstić information content (AvgIpc) is 2.29. The molecule has 0 spiro atoms. The first-order chi connectivity index (χ1) is 8.41. The molecule has 0 atom stereocenters. The van der Waals surface area contributed by atoms with Crippen LogP contribution >= 0.6 is 11.6 Å². The summed E-state index contributed by atoms with van der Waals surface area (Å²) in [4.78, 5) is 0.0473. The van der Waals surface area contributed by atoms with E-state index in [1.807, 2.05) is 0 Å². The molecular formula is C10H13ClN2O3S2. The van der Waals surface area contributed by atoms with Crippen LogP contribution in [-0.2, 0) is 20.8 Å². The first-order valence-electron chi connectivity index (χ1n) is 5.31. The van der Waals surface area contributed by atoms with Crippen LogP contribution in [0, 0.1) is 0 Å². The average molecular weight is 309 g/mol. The second kappa shape index (κ2) is 5.16. The fourth-order valence-electron chi connectivity index (χ4n) is 1.73. The second-order valence-corrected chi connectivity index (χ2v) is 7.95. The van der Waals surface area contributed by atoms with Crippen LogP contribution in [0.2, 0.25) is 5.02 Å². The number of sulfonamides is 1. The molecule has 0 aliphatic carbocycles. The summed E-state index contributed by atoms with van der Waals surface area (Å²) in [6, 6.07) is 4.32. The Bertz CT molecular complexity index is 579. The minimum Gasteiger partial charge on any atom is -0.399 e. The lowest BCUT2D eigenvalue weighted by Gasteiger charge is -2.25. The van der Waals surface area contributed by atoms with Crippen LogP contribution in [0.1, 0.15) is 0 Å². The first kappa shape index (κ1) is 13.8. The van der Waals surface area contributed by atoms with Gasteiger partial charge in [-0.15, -0.1) is 0 Å². The maximum absolute atomic E-state index is 12.3. The zero-order chi connectivity index (χ0) is 13.3. The summed E-state index contributed by atoms with van der Waals surface area (Å²) in [6.07, 6.45) is 0. The molecule has 2 rings (SSSR count). The highest BCUT2D eigenvalue weighted by Gasteiger charge is 2.29. The van der Waals surface area contributed by atoms with Crippen LogP contribution in [-0.4, -0.2) is 41.5 Å². The molecule has 5 nitrogen and oxygen atoms in total. The van der Waals surface area contributed by atoms with Crippen LogP contribution in [0.15, 0.2) is 23.1 Å². The Morgan fingerprint density at radius 3 is 2.44 bits per heavy atom. The van der Waals surface area contributed by atoms with Crippen molar-refractivity contribution in [3.63, 3.8) is 0 Å². The quantitative estimate of drug-likeness (QED) is 0.815. The number of benzene rings is 1. The highest BCUT2D eigenvalue weighted by atomic mass is 35.5. The molecule has 1 fully saturated rings. The Labute approximate surface area is 113 Å². The number of nitrogens with two attached hydrogens (primary N) is 1. The molecule has 1 saturated heterocycles. The maximum atomic E-state index is 12.3. The normalized spacial score (nSPS) is 18.9. The van der Waals surface area contributed by atoms with E-state index < -0.39 is 20.8 Å². The van der Waals surface area contributed by atoms with Crippen molar-refractivity contribution in [1.29, 1.82) is 0 Å². The highest BCUT2D eigenvalue weighted by Crippen LogP contribution is 2.27. The van der Waals surface area contributed by atoms with Crippen molar-refractivity contribution in [2.24, 2.45) is 0 Å². The molecule has 1 aromatic rings. The van der Waals surface area contributed by atoms with E-state index in [1.54, 1.807) is 0 Å². The van der Waals surface area contributed by atoms with E-state index in [9.17, 15) is 12.6 Å². The van der Waals surface area contributed by atoms with Crippen LogP contribution in [0.5, 0.6) is 0 Å². The summed E-state index contributed by atoms with van der Waals surface area (Å²) in [5.74, 6) is 0.734. The molecule has 0 radical (unpaired) electrons. The van der Waals surface area contributed by atoms with Crippen molar-refractivity contribution in [3.05, 3.63) is 23.2 Å². The molecule has 1 aromatic carbocycles. The Kier molecular flexibility index (Phi) is 3.96.